The van der Waals surface area contributed by atoms with Gasteiger partial charge in [-0.25, -0.2) is 9.18 Å². The van der Waals surface area contributed by atoms with Gasteiger partial charge >= 0.3 is 6.09 Å². The second-order valence-corrected chi connectivity index (χ2v) is 8.36. The maximum Gasteiger partial charge on any atom is 0.415 e. The fraction of sp³-hybridized carbons (Fsp3) is 0.368. The molecule has 0 aliphatic carbocycles. The standard InChI is InChI=1S/C19H18FN7O2S/c1-25-7-11-8-26(9-13(11)23-25)15-2-10-3-16-17(5-21-18-6-22-30-24-18)29-19(28)27(16)14(10)4-12(15)20/h2,4,6-7,16-17H,3,5,8-9H2,1H3,(H,21,24)/t16-,17-/m0/s1. The summed E-state index contributed by atoms with van der Waals surface area (Å²) in [6.45, 7) is 1.63. The summed E-state index contributed by atoms with van der Waals surface area (Å²) in [6.07, 6.45) is 3.44. The van der Waals surface area contributed by atoms with Gasteiger partial charge in [0, 0.05) is 31.4 Å². The van der Waals surface area contributed by atoms with E-state index in [1.165, 1.54) is 6.07 Å². The zero-order valence-corrected chi connectivity index (χ0v) is 16.9. The van der Waals surface area contributed by atoms with Gasteiger partial charge in [0.1, 0.15) is 11.9 Å². The molecule has 3 aliphatic heterocycles. The van der Waals surface area contributed by atoms with E-state index in [0.717, 1.165) is 28.5 Å². The maximum absolute atomic E-state index is 15.0. The molecule has 3 aromatic rings. The third-order valence-electron chi connectivity index (χ3n) is 5.93. The molecular formula is C19H18FN7O2S. The van der Waals surface area contributed by atoms with Crippen LogP contribution < -0.4 is 15.1 Å². The Hall–Kier alpha value is -3.21. The number of benzene rings is 1. The van der Waals surface area contributed by atoms with E-state index < -0.39 is 6.09 Å². The third kappa shape index (κ3) is 2.65. The Morgan fingerprint density at radius 3 is 3.00 bits per heavy atom. The summed E-state index contributed by atoms with van der Waals surface area (Å²) in [4.78, 5) is 16.1. The van der Waals surface area contributed by atoms with Crippen molar-refractivity contribution in [2.75, 3.05) is 21.7 Å². The lowest BCUT2D eigenvalue weighted by atomic mass is 10.0. The highest BCUT2D eigenvalue weighted by atomic mass is 32.1. The molecule has 1 aromatic carbocycles. The molecule has 30 heavy (non-hydrogen) atoms. The van der Waals surface area contributed by atoms with E-state index in [1.807, 2.05) is 24.2 Å². The van der Waals surface area contributed by atoms with Crippen LogP contribution in [0.4, 0.5) is 26.4 Å². The number of fused-ring (bicyclic) bond motifs is 4. The lowest BCUT2D eigenvalue weighted by molar-refractivity contribution is 0.137. The van der Waals surface area contributed by atoms with Crippen molar-refractivity contribution in [3.63, 3.8) is 0 Å². The summed E-state index contributed by atoms with van der Waals surface area (Å²) in [6, 6.07) is 3.17. The van der Waals surface area contributed by atoms with Crippen LogP contribution in [0.25, 0.3) is 0 Å². The number of hydrogen-bond acceptors (Lipinski definition) is 8. The molecule has 2 aromatic heterocycles. The van der Waals surface area contributed by atoms with Gasteiger partial charge in [-0.15, -0.1) is 0 Å². The average Bonchev–Trinajstić information content (AvgIpc) is 3.48. The number of carbonyl (C=O) groups is 1. The molecule has 1 saturated heterocycles. The number of amides is 1. The fourth-order valence-electron chi connectivity index (χ4n) is 4.60. The topological polar surface area (TPSA) is 88.4 Å². The Bertz CT molecular complexity index is 1120. The van der Waals surface area contributed by atoms with E-state index in [0.29, 0.717) is 43.2 Å². The summed E-state index contributed by atoms with van der Waals surface area (Å²) >= 11 is 1.11. The second-order valence-electron chi connectivity index (χ2n) is 7.80. The van der Waals surface area contributed by atoms with Gasteiger partial charge in [0.25, 0.3) is 0 Å². The Morgan fingerprint density at radius 1 is 1.30 bits per heavy atom. The van der Waals surface area contributed by atoms with Gasteiger partial charge in [-0.05, 0) is 18.1 Å². The summed E-state index contributed by atoms with van der Waals surface area (Å²) in [5, 5.41) is 7.59. The van der Waals surface area contributed by atoms with E-state index >= 15 is 4.39 Å². The lowest BCUT2D eigenvalue weighted by Gasteiger charge is -2.20. The first-order valence-corrected chi connectivity index (χ1v) is 10.4. The Balaban J connectivity index is 1.24. The number of carbonyl (C=O) groups excluding carboxylic acids is 1. The third-order valence-corrected chi connectivity index (χ3v) is 6.40. The molecule has 0 spiro atoms. The van der Waals surface area contributed by atoms with Crippen molar-refractivity contribution in [3.8, 4) is 0 Å². The van der Waals surface area contributed by atoms with Gasteiger partial charge in [-0.2, -0.15) is 13.8 Å². The van der Waals surface area contributed by atoms with Gasteiger partial charge in [0.05, 0.1) is 54.1 Å². The number of anilines is 3. The Kier molecular flexibility index (Phi) is 3.76. The molecule has 154 valence electrons. The van der Waals surface area contributed by atoms with Crippen LogP contribution in [0.15, 0.2) is 24.5 Å². The molecule has 0 radical (unpaired) electrons. The summed E-state index contributed by atoms with van der Waals surface area (Å²) in [5.41, 5.74) is 4.19. The molecule has 0 bridgehead atoms. The van der Waals surface area contributed by atoms with Crippen LogP contribution >= 0.6 is 11.7 Å². The highest BCUT2D eigenvalue weighted by Gasteiger charge is 2.48. The minimum atomic E-state index is -0.438. The van der Waals surface area contributed by atoms with Gasteiger partial charge in [-0.3, -0.25) is 9.58 Å². The van der Waals surface area contributed by atoms with E-state index in [2.05, 4.69) is 19.2 Å². The number of halogens is 1. The van der Waals surface area contributed by atoms with Crippen LogP contribution in [0, 0.1) is 5.82 Å². The van der Waals surface area contributed by atoms with Crippen molar-refractivity contribution in [1.29, 1.82) is 0 Å². The molecule has 1 amide bonds. The van der Waals surface area contributed by atoms with Crippen molar-refractivity contribution in [1.82, 2.24) is 18.5 Å². The zero-order valence-electron chi connectivity index (χ0n) is 16.1. The predicted molar refractivity (Wildman–Crippen MR) is 108 cm³/mol. The normalized spacial score (nSPS) is 21.6. The molecule has 5 heterocycles. The fourth-order valence-corrected chi connectivity index (χ4v) is 5.00. The molecule has 1 fully saturated rings. The van der Waals surface area contributed by atoms with Crippen LogP contribution in [0.1, 0.15) is 16.8 Å². The van der Waals surface area contributed by atoms with Gasteiger partial charge < -0.3 is 15.0 Å². The first-order chi connectivity index (χ1) is 14.6. The molecular weight excluding hydrogens is 409 g/mol. The number of aromatic nitrogens is 4. The number of nitrogens with one attached hydrogen (secondary N) is 1. The van der Waals surface area contributed by atoms with Crippen LogP contribution in [-0.4, -0.2) is 43.3 Å². The maximum atomic E-state index is 15.0. The van der Waals surface area contributed by atoms with Crippen LogP contribution in [0.2, 0.25) is 0 Å². The molecule has 3 aliphatic rings. The van der Waals surface area contributed by atoms with Gasteiger partial charge in [-0.1, -0.05) is 0 Å². The van der Waals surface area contributed by atoms with Crippen molar-refractivity contribution < 1.29 is 13.9 Å². The minimum absolute atomic E-state index is 0.167. The first-order valence-electron chi connectivity index (χ1n) is 9.67. The SMILES string of the molecule is Cn1cc2c(n1)CN(c1cc3c(cc1F)N1C(=O)O[C@@H](CNc4cnsn4)[C@@H]1C3)C2. The number of aryl methyl sites for hydroxylation is 1. The average molecular weight is 427 g/mol. The molecule has 0 unspecified atom stereocenters. The van der Waals surface area contributed by atoms with Crippen molar-refractivity contribution in [3.05, 3.63) is 47.2 Å². The van der Waals surface area contributed by atoms with Crippen molar-refractivity contribution >= 4 is 35.0 Å². The monoisotopic (exact) mass is 427 g/mol. The van der Waals surface area contributed by atoms with Crippen LogP contribution in [0.3, 0.4) is 0 Å². The Labute approximate surface area is 175 Å². The van der Waals surface area contributed by atoms with Crippen LogP contribution in [0.5, 0.6) is 0 Å². The highest BCUT2D eigenvalue weighted by molar-refractivity contribution is 6.99. The van der Waals surface area contributed by atoms with E-state index in [-0.39, 0.29) is 18.0 Å². The molecule has 6 rings (SSSR count). The Morgan fingerprint density at radius 2 is 2.20 bits per heavy atom. The quantitative estimate of drug-likeness (QED) is 0.683. The molecule has 0 saturated carbocycles. The molecule has 9 nitrogen and oxygen atoms in total. The van der Waals surface area contributed by atoms with E-state index in [4.69, 9.17) is 4.74 Å². The highest BCUT2D eigenvalue weighted by Crippen LogP contribution is 2.42. The molecule has 1 N–H and O–H groups in total. The second kappa shape index (κ2) is 6.39. The number of nitrogens with zero attached hydrogens (tertiary/aromatic N) is 6. The summed E-state index contributed by atoms with van der Waals surface area (Å²) in [7, 11) is 1.89. The number of hydrogen-bond donors (Lipinski definition) is 1. The van der Waals surface area contributed by atoms with Gasteiger partial charge in [0.15, 0.2) is 5.82 Å². The summed E-state index contributed by atoms with van der Waals surface area (Å²) < 4.78 is 30.4. The minimum Gasteiger partial charge on any atom is -0.442 e. The molecule has 2 atom stereocenters. The predicted octanol–water partition coefficient (Wildman–Crippen LogP) is 2.29. The largest absolute Gasteiger partial charge is 0.442 e. The van der Waals surface area contributed by atoms with Crippen molar-refractivity contribution in [2.24, 2.45) is 7.05 Å². The molecule has 11 heteroatoms. The van der Waals surface area contributed by atoms with Crippen LogP contribution in [-0.2, 0) is 31.3 Å². The number of cyclic esters (lactones) is 1. The number of ether oxygens (including phenoxy) is 1. The van der Waals surface area contributed by atoms with E-state index in [1.54, 1.807) is 15.8 Å². The summed E-state index contributed by atoms with van der Waals surface area (Å²) in [5.74, 6) is 0.313. The number of rotatable bonds is 4. The first kappa shape index (κ1) is 17.6. The smallest absolute Gasteiger partial charge is 0.415 e. The van der Waals surface area contributed by atoms with Gasteiger partial charge in [0.2, 0.25) is 0 Å². The van der Waals surface area contributed by atoms with Crippen molar-refractivity contribution in [2.45, 2.75) is 31.7 Å². The lowest BCUT2D eigenvalue weighted by Crippen LogP contribution is -2.36. The zero-order chi connectivity index (χ0) is 20.4. The van der Waals surface area contributed by atoms with E-state index in [9.17, 15) is 4.79 Å².